The third-order valence-electron chi connectivity index (χ3n) is 4.33. The number of rotatable bonds is 8. The van der Waals surface area contributed by atoms with E-state index >= 15 is 0 Å². The maximum absolute atomic E-state index is 12.4. The minimum atomic E-state index is -0.615. The van der Waals surface area contributed by atoms with Crippen LogP contribution in [0.3, 0.4) is 0 Å². The maximum atomic E-state index is 12.4. The molecule has 0 aliphatic carbocycles. The molecule has 0 bridgehead atoms. The van der Waals surface area contributed by atoms with Crippen LogP contribution in [0.1, 0.15) is 86.5 Å². The van der Waals surface area contributed by atoms with Crippen LogP contribution >= 0.6 is 0 Å². The lowest BCUT2D eigenvalue weighted by atomic mass is 9.87. The highest BCUT2D eigenvalue weighted by Crippen LogP contribution is 2.27. The molecule has 0 spiro atoms. The second-order valence-corrected chi connectivity index (χ2v) is 9.95. The van der Waals surface area contributed by atoms with Crippen molar-refractivity contribution in [2.24, 2.45) is 16.7 Å². The lowest BCUT2D eigenvalue weighted by Gasteiger charge is -2.18. The molecule has 1 atom stereocenters. The van der Waals surface area contributed by atoms with Crippen LogP contribution in [0.25, 0.3) is 0 Å². The van der Waals surface area contributed by atoms with Crippen LogP contribution in [0.5, 0.6) is 0 Å². The summed E-state index contributed by atoms with van der Waals surface area (Å²) in [5, 5.41) is 0. The summed E-state index contributed by atoms with van der Waals surface area (Å²) < 4.78 is 0. The minimum Gasteiger partial charge on any atom is -0.300 e. The van der Waals surface area contributed by atoms with E-state index in [1.807, 2.05) is 41.5 Å². The molecule has 6 heteroatoms. The lowest BCUT2D eigenvalue weighted by molar-refractivity contribution is -0.150. The number of carbonyl (C=O) groups is 5. The van der Waals surface area contributed by atoms with E-state index in [1.54, 1.807) is 0 Å². The Morgan fingerprint density at radius 1 is 0.852 bits per heavy atom. The van der Waals surface area contributed by atoms with Crippen LogP contribution in [0.4, 0.5) is 0 Å². The molecule has 0 aromatic rings. The predicted molar refractivity (Wildman–Crippen MR) is 102 cm³/mol. The molecule has 6 nitrogen and oxygen atoms in total. The number of ketones is 2. The third kappa shape index (κ3) is 8.14. The molecule has 0 radical (unpaired) electrons. The first-order valence-electron chi connectivity index (χ1n) is 9.63. The monoisotopic (exact) mass is 379 g/mol. The summed E-state index contributed by atoms with van der Waals surface area (Å²) in [7, 11) is 0. The van der Waals surface area contributed by atoms with E-state index in [0.717, 1.165) is 0 Å². The third-order valence-corrected chi connectivity index (χ3v) is 4.33. The highest BCUT2D eigenvalue weighted by atomic mass is 16.2. The second-order valence-electron chi connectivity index (χ2n) is 9.95. The molecule has 1 unspecified atom stereocenters. The summed E-state index contributed by atoms with van der Waals surface area (Å²) in [6.07, 6.45) is 1.13. The summed E-state index contributed by atoms with van der Waals surface area (Å²) >= 11 is 0. The Morgan fingerprint density at radius 2 is 1.33 bits per heavy atom. The Kier molecular flexibility index (Phi) is 7.64. The molecule has 3 amide bonds. The molecule has 0 saturated carbocycles. The number of Topliss-reactive ketones (excluding diaryl/α,β-unsaturated/α-hetero) is 2. The zero-order valence-electron chi connectivity index (χ0n) is 17.5. The molecule has 27 heavy (non-hydrogen) atoms. The molecule has 1 rings (SSSR count). The van der Waals surface area contributed by atoms with Gasteiger partial charge in [-0.05, 0) is 17.3 Å². The van der Waals surface area contributed by atoms with Crippen molar-refractivity contribution in [3.63, 3.8) is 0 Å². The molecule has 152 valence electrons. The number of hydrogen-bond acceptors (Lipinski definition) is 5. The normalized spacial score (nSPS) is 18.1. The number of hydrogen-bond donors (Lipinski definition) is 0. The Balaban J connectivity index is 2.55. The Labute approximate surface area is 162 Å². The van der Waals surface area contributed by atoms with Crippen LogP contribution in [0.2, 0.25) is 0 Å². The van der Waals surface area contributed by atoms with Crippen LogP contribution in [-0.4, -0.2) is 34.2 Å². The van der Waals surface area contributed by atoms with Crippen LogP contribution in [-0.2, 0) is 24.0 Å². The van der Waals surface area contributed by atoms with E-state index in [-0.39, 0.29) is 54.5 Å². The van der Waals surface area contributed by atoms with Gasteiger partial charge in [0.05, 0.1) is 0 Å². The van der Waals surface area contributed by atoms with Gasteiger partial charge in [0.2, 0.25) is 17.7 Å². The molecular formula is C21H33NO5. The van der Waals surface area contributed by atoms with E-state index in [2.05, 4.69) is 0 Å². The van der Waals surface area contributed by atoms with Gasteiger partial charge in [-0.3, -0.25) is 24.0 Å². The van der Waals surface area contributed by atoms with Crippen molar-refractivity contribution in [3.8, 4) is 0 Å². The number of nitrogens with zero attached hydrogens (tertiary/aromatic N) is 1. The Hall–Kier alpha value is -1.85. The molecule has 0 aromatic heterocycles. The number of carbonyl (C=O) groups excluding carboxylic acids is 5. The lowest BCUT2D eigenvalue weighted by Crippen LogP contribution is -2.37. The Bertz CT molecular complexity index is 621. The quantitative estimate of drug-likeness (QED) is 0.603. The van der Waals surface area contributed by atoms with Gasteiger partial charge in [0.25, 0.3) is 0 Å². The smallest absolute Gasteiger partial charge is 0.239 e. The summed E-state index contributed by atoms with van der Waals surface area (Å²) in [5.74, 6) is -2.29. The van der Waals surface area contributed by atoms with Gasteiger partial charge in [-0.15, -0.1) is 0 Å². The minimum absolute atomic E-state index is 0.0297. The first kappa shape index (κ1) is 23.2. The van der Waals surface area contributed by atoms with E-state index < -0.39 is 23.6 Å². The van der Waals surface area contributed by atoms with Gasteiger partial charge in [-0.1, -0.05) is 41.5 Å². The average Bonchev–Trinajstić information content (AvgIpc) is 2.73. The van der Waals surface area contributed by atoms with Crippen molar-refractivity contribution in [3.05, 3.63) is 0 Å². The zero-order valence-corrected chi connectivity index (χ0v) is 17.5. The fourth-order valence-corrected chi connectivity index (χ4v) is 3.24. The van der Waals surface area contributed by atoms with E-state index in [9.17, 15) is 24.0 Å². The highest BCUT2D eigenvalue weighted by Gasteiger charge is 2.42. The van der Waals surface area contributed by atoms with E-state index in [1.165, 1.54) is 0 Å². The standard InChI is InChI=1S/C21H33NO5/c1-20(2,3)12-15(23)8-7-14-11-18(26)22(19(14)27)17(25)10-9-16(24)13-21(4,5)6/h14H,7-13H2,1-6H3. The number of imide groups is 3. The predicted octanol–water partition coefficient (Wildman–Crippen LogP) is 3.46. The molecule has 1 fully saturated rings. The van der Waals surface area contributed by atoms with Crippen molar-refractivity contribution < 1.29 is 24.0 Å². The molecule has 0 N–H and O–H groups in total. The van der Waals surface area contributed by atoms with Crippen molar-refractivity contribution in [2.45, 2.75) is 86.5 Å². The van der Waals surface area contributed by atoms with E-state index in [4.69, 9.17) is 0 Å². The van der Waals surface area contributed by atoms with Gasteiger partial charge >= 0.3 is 0 Å². The molecule has 1 aliphatic rings. The van der Waals surface area contributed by atoms with Gasteiger partial charge < -0.3 is 0 Å². The fourth-order valence-electron chi connectivity index (χ4n) is 3.24. The number of likely N-dealkylation sites (tertiary alicyclic amines) is 1. The van der Waals surface area contributed by atoms with Gasteiger partial charge in [0, 0.05) is 44.4 Å². The summed E-state index contributed by atoms with van der Waals surface area (Å²) in [5.41, 5.74) is -0.279. The first-order valence-corrected chi connectivity index (χ1v) is 9.63. The molecule has 1 saturated heterocycles. The Morgan fingerprint density at radius 3 is 1.81 bits per heavy atom. The molecule has 1 aliphatic heterocycles. The van der Waals surface area contributed by atoms with Crippen molar-refractivity contribution in [1.82, 2.24) is 4.90 Å². The molecule has 1 heterocycles. The van der Waals surface area contributed by atoms with Crippen molar-refractivity contribution in [1.29, 1.82) is 0 Å². The second kappa shape index (κ2) is 8.89. The zero-order chi connectivity index (χ0) is 21.0. The van der Waals surface area contributed by atoms with Crippen molar-refractivity contribution >= 4 is 29.3 Å². The summed E-state index contributed by atoms with van der Waals surface area (Å²) in [6.45, 7) is 11.7. The fraction of sp³-hybridized carbons (Fsp3) is 0.762. The van der Waals surface area contributed by atoms with Crippen LogP contribution in [0, 0.1) is 16.7 Å². The highest BCUT2D eigenvalue weighted by molar-refractivity contribution is 6.16. The largest absolute Gasteiger partial charge is 0.300 e. The molecular weight excluding hydrogens is 346 g/mol. The van der Waals surface area contributed by atoms with Gasteiger partial charge in [-0.25, -0.2) is 4.90 Å². The first-order chi connectivity index (χ1) is 12.2. The average molecular weight is 379 g/mol. The van der Waals surface area contributed by atoms with Gasteiger partial charge in [0.1, 0.15) is 11.6 Å². The number of amides is 3. The van der Waals surface area contributed by atoms with Crippen LogP contribution < -0.4 is 0 Å². The van der Waals surface area contributed by atoms with E-state index in [0.29, 0.717) is 17.7 Å². The summed E-state index contributed by atoms with van der Waals surface area (Å²) in [6, 6.07) is 0. The molecule has 0 aromatic carbocycles. The van der Waals surface area contributed by atoms with Gasteiger partial charge in [-0.2, -0.15) is 0 Å². The SMILES string of the molecule is CC(C)(C)CC(=O)CCC(=O)N1C(=O)CC(CCC(=O)CC(C)(C)C)C1=O. The van der Waals surface area contributed by atoms with Crippen LogP contribution in [0.15, 0.2) is 0 Å². The van der Waals surface area contributed by atoms with Gasteiger partial charge in [0.15, 0.2) is 0 Å². The topological polar surface area (TPSA) is 88.6 Å². The maximum Gasteiger partial charge on any atom is 0.239 e. The summed E-state index contributed by atoms with van der Waals surface area (Å²) in [4.78, 5) is 61.4. The van der Waals surface area contributed by atoms with Crippen molar-refractivity contribution in [2.75, 3.05) is 0 Å².